The van der Waals surface area contributed by atoms with Crippen molar-refractivity contribution in [3.8, 4) is 0 Å². The topological polar surface area (TPSA) is 242 Å². The fourth-order valence-corrected chi connectivity index (χ4v) is 6.45. The molecule has 0 aromatic heterocycles. The summed E-state index contributed by atoms with van der Waals surface area (Å²) in [5.74, 6) is 0.109. The molecule has 0 saturated carbocycles. The lowest BCUT2D eigenvalue weighted by Crippen LogP contribution is -2.33. The number of ether oxygens (including phenoxy) is 19. The highest BCUT2D eigenvalue weighted by atomic mass is 35.5. The van der Waals surface area contributed by atoms with Crippen molar-refractivity contribution in [3.05, 3.63) is 0 Å². The lowest BCUT2D eigenvalue weighted by molar-refractivity contribution is -0.0312. The van der Waals surface area contributed by atoms with Crippen LogP contribution in [-0.4, -0.2) is 288 Å². The molecule has 2 N–H and O–H groups in total. The summed E-state index contributed by atoms with van der Waals surface area (Å²) in [6, 6.07) is 0. The minimum atomic E-state index is -3.15. The second-order valence-electron chi connectivity index (χ2n) is 15.6. The first-order valence-corrected chi connectivity index (χ1v) is 27.2. The maximum absolute atomic E-state index is 12.1. The van der Waals surface area contributed by atoms with E-state index in [9.17, 15) is 8.42 Å². The molecule has 0 fully saturated rings. The van der Waals surface area contributed by atoms with Crippen molar-refractivity contribution in [1.29, 1.82) is 0 Å². The second-order valence-corrected chi connectivity index (χ2v) is 18.1. The Morgan fingerprint density at radius 3 is 0.648 bits per heavy atom. The second kappa shape index (κ2) is 58.7. The van der Waals surface area contributed by atoms with Gasteiger partial charge < -0.3 is 95.1 Å². The van der Waals surface area contributed by atoms with Crippen LogP contribution in [0.3, 0.4) is 0 Å². The third kappa shape index (κ3) is 61.8. The quantitative estimate of drug-likeness (QED) is 0.0638. The van der Waals surface area contributed by atoms with Crippen molar-refractivity contribution in [2.24, 2.45) is 0 Å². The maximum atomic E-state index is 12.1. The van der Waals surface area contributed by atoms with Crippen molar-refractivity contribution in [2.45, 2.75) is 32.2 Å². The van der Waals surface area contributed by atoms with Crippen LogP contribution in [0.4, 0.5) is 0 Å². The van der Waals surface area contributed by atoms with Gasteiger partial charge in [-0.1, -0.05) is 0 Å². The van der Waals surface area contributed by atoms with Gasteiger partial charge in [0, 0.05) is 5.54 Å². The van der Waals surface area contributed by atoms with Gasteiger partial charge in [-0.15, -0.1) is 0 Å². The van der Waals surface area contributed by atoms with Crippen LogP contribution >= 0.6 is 11.8 Å². The SMILES string of the molecule is CC(C)(CCCS(=O)(=O)CCOCCOCCOCCOCCOCCOCCOCCOCCOCCOCCOCCOCCOCCOCCOCCOCCOCCOCCOCCO)NCl. The zero-order valence-electron chi connectivity index (χ0n) is 43.2. The van der Waals surface area contributed by atoms with Crippen LogP contribution in [0.15, 0.2) is 0 Å². The molecule has 0 radical (unpaired) electrons. The summed E-state index contributed by atoms with van der Waals surface area (Å²) in [5.41, 5.74) is -0.300. The van der Waals surface area contributed by atoms with Crippen LogP contribution in [0.2, 0.25) is 0 Å². The Bertz CT molecular complexity index is 1130. The predicted octanol–water partition coefficient (Wildman–Crippen LogP) is 1.01. The van der Waals surface area contributed by atoms with Crippen molar-refractivity contribution in [1.82, 2.24) is 4.84 Å². The average Bonchev–Trinajstić information content (AvgIpc) is 3.35. The predicted molar refractivity (Wildman–Crippen MR) is 264 cm³/mol. The lowest BCUT2D eigenvalue weighted by Gasteiger charge is -2.21. The molecule has 0 aliphatic heterocycles. The Morgan fingerprint density at radius 2 is 0.479 bits per heavy atom. The zero-order chi connectivity index (χ0) is 51.5. The Labute approximate surface area is 430 Å². The monoisotopic (exact) mass is 1080 g/mol. The molecule has 0 aromatic carbocycles. The molecule has 0 aromatic rings. The van der Waals surface area contributed by atoms with E-state index in [1.807, 2.05) is 13.8 Å². The summed E-state index contributed by atoms with van der Waals surface area (Å²) in [6.07, 6.45) is 1.21. The Morgan fingerprint density at radius 1 is 0.310 bits per heavy atom. The molecule has 0 bridgehead atoms. The van der Waals surface area contributed by atoms with Crippen molar-refractivity contribution in [2.75, 3.05) is 269 Å². The number of sulfone groups is 1. The molecule has 0 atom stereocenters. The average molecular weight is 1080 g/mol. The van der Waals surface area contributed by atoms with Gasteiger partial charge in [0.1, 0.15) is 0 Å². The number of aliphatic hydroxyl groups is 1. The van der Waals surface area contributed by atoms with E-state index < -0.39 is 9.84 Å². The minimum absolute atomic E-state index is 0.00646. The van der Waals surface area contributed by atoms with Crippen molar-refractivity contribution >= 4 is 21.6 Å². The van der Waals surface area contributed by atoms with E-state index >= 15 is 0 Å². The highest BCUT2D eigenvalue weighted by Gasteiger charge is 2.18. The van der Waals surface area contributed by atoms with E-state index in [1.165, 1.54) is 0 Å². The molecule has 0 heterocycles. The third-order valence-electron chi connectivity index (χ3n) is 8.98. The van der Waals surface area contributed by atoms with Gasteiger partial charge >= 0.3 is 0 Å². The molecule has 428 valence electrons. The van der Waals surface area contributed by atoms with Gasteiger partial charge in [0.2, 0.25) is 0 Å². The van der Waals surface area contributed by atoms with E-state index in [0.29, 0.717) is 257 Å². The molecule has 0 saturated heterocycles. The summed E-state index contributed by atoms with van der Waals surface area (Å²) in [4.78, 5) is 2.65. The van der Waals surface area contributed by atoms with Crippen molar-refractivity contribution < 1.29 is 104 Å². The fourth-order valence-electron chi connectivity index (χ4n) is 5.19. The molecule has 0 spiro atoms. The smallest absolute Gasteiger partial charge is 0.152 e. The fraction of sp³-hybridized carbons (Fsp3) is 1.00. The van der Waals surface area contributed by atoms with Gasteiger partial charge in [-0.05, 0) is 38.5 Å². The van der Waals surface area contributed by atoms with E-state index in [0.717, 1.165) is 0 Å². The Hall–Kier alpha value is -0.600. The molecule has 0 rings (SSSR count). The van der Waals surface area contributed by atoms with Gasteiger partial charge in [0.25, 0.3) is 0 Å². The maximum Gasteiger partial charge on any atom is 0.152 e. The first kappa shape index (κ1) is 70.4. The summed E-state index contributed by atoms with van der Waals surface area (Å²) >= 11 is 5.65. The van der Waals surface area contributed by atoms with Gasteiger partial charge in [-0.25, -0.2) is 13.3 Å². The molecule has 71 heavy (non-hydrogen) atoms. The molecule has 23 nitrogen and oxygen atoms in total. The Kier molecular flexibility index (Phi) is 58.2. The van der Waals surface area contributed by atoms with Gasteiger partial charge in [-0.3, -0.25) is 0 Å². The van der Waals surface area contributed by atoms with E-state index in [1.54, 1.807) is 0 Å². The molecule has 0 aliphatic carbocycles. The molecular weight excluding hydrogens is 986 g/mol. The molecular formula is C46H94ClNO22S. The van der Waals surface area contributed by atoms with Crippen LogP contribution in [0.5, 0.6) is 0 Å². The Balaban J connectivity index is 3.13. The number of hydrogen-bond donors (Lipinski definition) is 2. The summed E-state index contributed by atoms with van der Waals surface area (Å²) in [5, 5.41) is 8.60. The zero-order valence-corrected chi connectivity index (χ0v) is 44.8. The minimum Gasteiger partial charge on any atom is -0.394 e. The summed E-state index contributed by atoms with van der Waals surface area (Å²) in [6.45, 7) is 21.2. The van der Waals surface area contributed by atoms with Gasteiger partial charge in [0.15, 0.2) is 9.84 Å². The van der Waals surface area contributed by atoms with Crippen LogP contribution in [0.25, 0.3) is 0 Å². The van der Waals surface area contributed by atoms with E-state index in [2.05, 4.69) is 4.84 Å². The van der Waals surface area contributed by atoms with Crippen LogP contribution in [0, 0.1) is 0 Å². The number of nitrogens with one attached hydrogen (secondary N) is 1. The lowest BCUT2D eigenvalue weighted by atomic mass is 10.0. The largest absolute Gasteiger partial charge is 0.394 e. The van der Waals surface area contributed by atoms with Crippen molar-refractivity contribution in [3.63, 3.8) is 0 Å². The first-order chi connectivity index (χ1) is 34.8. The van der Waals surface area contributed by atoms with Gasteiger partial charge in [-0.2, -0.15) is 0 Å². The molecule has 0 amide bonds. The number of halogens is 1. The van der Waals surface area contributed by atoms with E-state index in [-0.39, 0.29) is 30.3 Å². The molecule has 0 aliphatic rings. The van der Waals surface area contributed by atoms with Gasteiger partial charge in [0.05, 0.1) is 269 Å². The summed E-state index contributed by atoms with van der Waals surface area (Å²) < 4.78 is 128. The van der Waals surface area contributed by atoms with Crippen LogP contribution in [0.1, 0.15) is 26.7 Å². The van der Waals surface area contributed by atoms with Crippen LogP contribution < -0.4 is 4.84 Å². The molecule has 0 unspecified atom stereocenters. The standard InChI is InChI=1S/C46H94ClNO22S/c1-46(2,48-47)4-3-44-71(50,51)45-43-70-42-41-69-40-39-68-38-37-67-36-35-66-34-33-65-32-31-64-30-29-63-28-27-62-26-25-61-24-23-60-22-21-59-20-19-58-18-17-57-16-15-56-14-13-55-12-11-54-10-9-53-8-7-52-6-5-49/h48-49H,3-45H2,1-2H3. The normalized spacial score (nSPS) is 12.2. The highest BCUT2D eigenvalue weighted by Crippen LogP contribution is 2.13. The number of rotatable bonds is 64. The highest BCUT2D eigenvalue weighted by molar-refractivity contribution is 7.91. The number of aliphatic hydroxyl groups excluding tert-OH is 1. The van der Waals surface area contributed by atoms with Crippen LogP contribution in [-0.2, 0) is 99.8 Å². The molecule has 25 heteroatoms. The van der Waals surface area contributed by atoms with E-state index in [4.69, 9.17) is 107 Å². The first-order valence-electron chi connectivity index (χ1n) is 25.0. The number of hydrogen-bond acceptors (Lipinski definition) is 23. The third-order valence-corrected chi connectivity index (χ3v) is 11.2. The summed E-state index contributed by atoms with van der Waals surface area (Å²) in [7, 11) is -3.15.